The van der Waals surface area contributed by atoms with Gasteiger partial charge in [0, 0.05) is 10.2 Å². The van der Waals surface area contributed by atoms with Crippen molar-refractivity contribution in [1.82, 2.24) is 0 Å². The van der Waals surface area contributed by atoms with Gasteiger partial charge in [-0.2, -0.15) is 0 Å². The van der Waals surface area contributed by atoms with Crippen LogP contribution in [0.3, 0.4) is 0 Å². The lowest BCUT2D eigenvalue weighted by atomic mass is 9.99. The zero-order valence-corrected chi connectivity index (χ0v) is 7.74. The van der Waals surface area contributed by atoms with E-state index >= 15 is 0 Å². The maximum atomic E-state index is 2.28. The average Bonchev–Trinajstić information content (AvgIpc) is 1.87. The topological polar surface area (TPSA) is 0 Å². The Hall–Kier alpha value is 0.217. The van der Waals surface area contributed by atoms with Crippen LogP contribution < -0.4 is 0 Å². The minimum Gasteiger partial charge on any atom is -0.0652 e. The highest BCUT2D eigenvalue weighted by Gasteiger charge is 2.15. The first kappa shape index (κ1) is 8.22. The predicted molar refractivity (Wildman–Crippen MR) is 42.1 cm³/mol. The molecule has 0 spiro atoms. The standard InChI is InChI=1S/C7H17Si/c1-4-7(8,5-2)6-3/h4-6,8H2,1-3H3. The molecule has 0 aliphatic rings. The third kappa shape index (κ3) is 1.99. The van der Waals surface area contributed by atoms with Crippen LogP contribution in [0.15, 0.2) is 0 Å². The van der Waals surface area contributed by atoms with Crippen LogP contribution in [-0.2, 0) is 0 Å². The molecule has 0 saturated heterocycles. The predicted octanol–water partition coefficient (Wildman–Crippen LogP) is 2.01. The molecule has 0 saturated carbocycles. The average molecular weight is 129 g/mol. The molecule has 49 valence electrons. The lowest BCUT2D eigenvalue weighted by Crippen LogP contribution is -2.07. The molecule has 0 aliphatic carbocycles. The van der Waals surface area contributed by atoms with E-state index in [4.69, 9.17) is 0 Å². The van der Waals surface area contributed by atoms with Gasteiger partial charge in [0.05, 0.1) is 0 Å². The van der Waals surface area contributed by atoms with E-state index in [1.54, 1.807) is 0 Å². The largest absolute Gasteiger partial charge is 0.0652 e. The molecule has 0 aromatic heterocycles. The van der Waals surface area contributed by atoms with Crippen LogP contribution in [0.25, 0.3) is 0 Å². The molecule has 0 fully saturated rings. The Morgan fingerprint density at radius 1 is 1.00 bits per heavy atom. The van der Waals surface area contributed by atoms with Crippen molar-refractivity contribution < 1.29 is 0 Å². The molecule has 0 N–H and O–H groups in total. The molecule has 0 aromatic rings. The van der Waals surface area contributed by atoms with Crippen LogP contribution >= 0.6 is 0 Å². The molecule has 0 aromatic carbocycles. The van der Waals surface area contributed by atoms with Gasteiger partial charge in [0.2, 0.25) is 0 Å². The summed E-state index contributed by atoms with van der Waals surface area (Å²) in [4.78, 5) is 0. The van der Waals surface area contributed by atoms with Crippen molar-refractivity contribution in [3.05, 3.63) is 0 Å². The smallest absolute Gasteiger partial charge is 0.0163 e. The van der Waals surface area contributed by atoms with E-state index in [0.29, 0.717) is 5.04 Å². The Balaban J connectivity index is 3.58. The second kappa shape index (κ2) is 3.28. The van der Waals surface area contributed by atoms with E-state index in [0.717, 1.165) is 0 Å². The highest BCUT2D eigenvalue weighted by molar-refractivity contribution is 6.15. The van der Waals surface area contributed by atoms with Crippen LogP contribution in [0.1, 0.15) is 40.0 Å². The van der Waals surface area contributed by atoms with Crippen LogP contribution in [0.2, 0.25) is 5.04 Å². The summed E-state index contributed by atoms with van der Waals surface area (Å²) in [5, 5.41) is 0.653. The van der Waals surface area contributed by atoms with Crippen molar-refractivity contribution in [3.63, 3.8) is 0 Å². The van der Waals surface area contributed by atoms with Crippen LogP contribution in [0, 0.1) is 0 Å². The Morgan fingerprint density at radius 2 is 1.25 bits per heavy atom. The van der Waals surface area contributed by atoms with Gasteiger partial charge in [-0.05, 0) is 5.04 Å². The molecule has 0 rings (SSSR count). The van der Waals surface area contributed by atoms with Crippen molar-refractivity contribution in [2.24, 2.45) is 0 Å². The number of hydrogen-bond acceptors (Lipinski definition) is 0. The van der Waals surface area contributed by atoms with Gasteiger partial charge in [-0.3, -0.25) is 0 Å². The fourth-order valence-corrected chi connectivity index (χ4v) is 0.750. The summed E-state index contributed by atoms with van der Waals surface area (Å²) in [6, 6.07) is 0. The van der Waals surface area contributed by atoms with Gasteiger partial charge in [-0.15, -0.1) is 0 Å². The molecule has 1 heteroatoms. The zero-order valence-electron chi connectivity index (χ0n) is 6.33. The molecule has 0 unspecified atom stereocenters. The first-order valence-corrected chi connectivity index (χ1v) is 4.24. The molecule has 0 atom stereocenters. The van der Waals surface area contributed by atoms with Gasteiger partial charge >= 0.3 is 0 Å². The summed E-state index contributed by atoms with van der Waals surface area (Å²) >= 11 is 0. The molecule has 1 radical (unpaired) electrons. The summed E-state index contributed by atoms with van der Waals surface area (Å²) in [7, 11) is 2.16. The zero-order chi connectivity index (χ0) is 6.62. The van der Waals surface area contributed by atoms with E-state index in [1.165, 1.54) is 19.3 Å². The Bertz CT molecular complexity index is 47.1. The second-order valence-corrected chi connectivity index (χ2v) is 4.06. The summed E-state index contributed by atoms with van der Waals surface area (Å²) < 4.78 is 0. The first-order chi connectivity index (χ1) is 3.68. The van der Waals surface area contributed by atoms with Gasteiger partial charge in [0.15, 0.2) is 0 Å². The van der Waals surface area contributed by atoms with Crippen molar-refractivity contribution >= 4 is 10.2 Å². The monoisotopic (exact) mass is 129 g/mol. The lowest BCUT2D eigenvalue weighted by Gasteiger charge is -2.23. The summed E-state index contributed by atoms with van der Waals surface area (Å²) in [5.74, 6) is 0. The van der Waals surface area contributed by atoms with Crippen molar-refractivity contribution in [2.45, 2.75) is 45.1 Å². The Kier molecular flexibility index (Phi) is 3.37. The van der Waals surface area contributed by atoms with Gasteiger partial charge < -0.3 is 0 Å². The third-order valence-electron chi connectivity index (χ3n) is 2.25. The maximum absolute atomic E-state index is 2.28. The minimum absolute atomic E-state index is 0.653. The molecular formula is C7H17Si. The second-order valence-electron chi connectivity index (χ2n) is 2.56. The highest BCUT2D eigenvalue weighted by atomic mass is 28.1. The molecule has 0 amide bonds. The Morgan fingerprint density at radius 3 is 1.25 bits per heavy atom. The Labute approximate surface area is 56.1 Å². The normalized spacial score (nSPS) is 12.0. The van der Waals surface area contributed by atoms with Crippen LogP contribution in [0.5, 0.6) is 0 Å². The van der Waals surface area contributed by atoms with E-state index in [2.05, 4.69) is 31.0 Å². The SMILES string of the molecule is CCC([SiH2])(CC)CC. The molecule has 8 heavy (non-hydrogen) atoms. The number of hydrogen-bond donors (Lipinski definition) is 0. The third-order valence-corrected chi connectivity index (χ3v) is 3.75. The summed E-state index contributed by atoms with van der Waals surface area (Å²) in [6.07, 6.45) is 4.00. The maximum Gasteiger partial charge on any atom is 0.0163 e. The first-order valence-electron chi connectivity index (χ1n) is 3.54. The van der Waals surface area contributed by atoms with Gasteiger partial charge in [-0.1, -0.05) is 40.0 Å². The fraction of sp³-hybridized carbons (Fsp3) is 1.00. The molecular weight excluding hydrogens is 112 g/mol. The lowest BCUT2D eigenvalue weighted by molar-refractivity contribution is 0.504. The molecule has 0 aliphatic heterocycles. The van der Waals surface area contributed by atoms with Gasteiger partial charge in [-0.25, -0.2) is 0 Å². The number of rotatable bonds is 3. The van der Waals surface area contributed by atoms with Gasteiger partial charge in [0.1, 0.15) is 0 Å². The van der Waals surface area contributed by atoms with E-state index in [9.17, 15) is 0 Å². The van der Waals surface area contributed by atoms with Crippen molar-refractivity contribution in [2.75, 3.05) is 0 Å². The van der Waals surface area contributed by atoms with E-state index in [1.807, 2.05) is 0 Å². The van der Waals surface area contributed by atoms with Crippen LogP contribution in [0.4, 0.5) is 0 Å². The molecule has 0 heterocycles. The summed E-state index contributed by atoms with van der Waals surface area (Å²) in [6.45, 7) is 6.83. The highest BCUT2D eigenvalue weighted by Crippen LogP contribution is 2.33. The summed E-state index contributed by atoms with van der Waals surface area (Å²) in [5.41, 5.74) is 0. The quantitative estimate of drug-likeness (QED) is 0.511. The van der Waals surface area contributed by atoms with Gasteiger partial charge in [0.25, 0.3) is 0 Å². The van der Waals surface area contributed by atoms with Crippen molar-refractivity contribution in [1.29, 1.82) is 0 Å². The van der Waals surface area contributed by atoms with E-state index in [-0.39, 0.29) is 0 Å². The van der Waals surface area contributed by atoms with Crippen molar-refractivity contribution in [3.8, 4) is 0 Å². The minimum atomic E-state index is 0.653. The van der Waals surface area contributed by atoms with E-state index < -0.39 is 0 Å². The fourth-order valence-electron chi connectivity index (χ4n) is 0.750. The molecule has 0 nitrogen and oxygen atoms in total. The molecule has 0 bridgehead atoms. The van der Waals surface area contributed by atoms with Crippen LogP contribution in [-0.4, -0.2) is 10.2 Å².